The van der Waals surface area contributed by atoms with E-state index >= 15 is 0 Å². The Morgan fingerprint density at radius 3 is 2.67 bits per heavy atom. The highest BCUT2D eigenvalue weighted by Crippen LogP contribution is 2.34. The maximum Gasteiger partial charge on any atom is 0.259 e. The second kappa shape index (κ2) is 4.13. The molecule has 0 atom stereocenters. The first kappa shape index (κ1) is 10.3. The van der Waals surface area contributed by atoms with E-state index in [2.05, 4.69) is 26.0 Å². The summed E-state index contributed by atoms with van der Waals surface area (Å²) < 4.78 is 10.3. The fourth-order valence-corrected chi connectivity index (χ4v) is 1.79. The van der Waals surface area contributed by atoms with Gasteiger partial charge in [-0.2, -0.15) is 0 Å². The first-order valence-corrected chi connectivity index (χ1v) is 5.49. The molecule has 1 aliphatic carbocycles. The summed E-state index contributed by atoms with van der Waals surface area (Å²) in [4.78, 5) is 0. The molecule has 0 aromatic rings. The average Bonchev–Trinajstić information content (AvgIpc) is 2.69. The molecule has 0 saturated heterocycles. The van der Waals surface area contributed by atoms with Crippen LogP contribution in [-0.2, 0) is 9.47 Å². The lowest BCUT2D eigenvalue weighted by Gasteiger charge is -2.27. The van der Waals surface area contributed by atoms with Crippen molar-refractivity contribution in [2.75, 3.05) is 0 Å². The molecule has 0 radical (unpaired) electrons. The van der Waals surface area contributed by atoms with Gasteiger partial charge in [-0.25, -0.2) is 0 Å². The minimum Gasteiger partial charge on any atom is -0.456 e. The Balaban J connectivity index is 1.87. The van der Waals surface area contributed by atoms with Crippen molar-refractivity contribution < 1.29 is 9.47 Å². The normalized spacial score (nSPS) is 25.1. The second-order valence-electron chi connectivity index (χ2n) is 4.92. The van der Waals surface area contributed by atoms with Gasteiger partial charge in [-0.15, -0.1) is 0 Å². The number of rotatable bonds is 2. The van der Waals surface area contributed by atoms with Gasteiger partial charge >= 0.3 is 0 Å². The predicted molar refractivity (Wildman–Crippen MR) is 60.0 cm³/mol. The fourth-order valence-electron chi connectivity index (χ4n) is 1.79. The van der Waals surface area contributed by atoms with Gasteiger partial charge < -0.3 is 9.47 Å². The van der Waals surface area contributed by atoms with Gasteiger partial charge in [-0.05, 0) is 30.8 Å². The van der Waals surface area contributed by atoms with E-state index in [-0.39, 0.29) is 6.29 Å². The van der Waals surface area contributed by atoms with Crippen molar-refractivity contribution in [3.63, 3.8) is 0 Å². The fraction of sp³-hybridized carbons (Fsp3) is 0.538. The van der Waals surface area contributed by atoms with Crippen LogP contribution in [0.25, 0.3) is 0 Å². The summed E-state index contributed by atoms with van der Waals surface area (Å²) in [6.45, 7) is 4.63. The lowest BCUT2D eigenvalue weighted by Crippen LogP contribution is -2.14. The van der Waals surface area contributed by atoms with Crippen LogP contribution in [0.1, 0.15) is 33.1 Å². The van der Waals surface area contributed by atoms with Crippen LogP contribution >= 0.6 is 0 Å². The third-order valence-corrected chi connectivity index (χ3v) is 2.96. The molecule has 0 aromatic carbocycles. The molecular formula is C13H18O2. The van der Waals surface area contributed by atoms with E-state index in [1.165, 1.54) is 12.0 Å². The predicted octanol–water partition coefficient (Wildman–Crippen LogP) is 3.52. The van der Waals surface area contributed by atoms with Gasteiger partial charge in [0.25, 0.3) is 6.29 Å². The zero-order valence-electron chi connectivity index (χ0n) is 9.40. The van der Waals surface area contributed by atoms with Crippen LogP contribution in [0.15, 0.2) is 36.3 Å². The van der Waals surface area contributed by atoms with Gasteiger partial charge in [0.1, 0.15) is 12.5 Å². The summed E-state index contributed by atoms with van der Waals surface area (Å²) in [5.41, 5.74) is 1.87. The number of ether oxygens (including phenoxy) is 2. The molecule has 1 aliphatic heterocycles. The van der Waals surface area contributed by atoms with Gasteiger partial charge in [0.15, 0.2) is 0 Å². The molecule has 0 spiro atoms. The smallest absolute Gasteiger partial charge is 0.259 e. The Morgan fingerprint density at radius 1 is 1.33 bits per heavy atom. The van der Waals surface area contributed by atoms with Crippen molar-refractivity contribution in [1.82, 2.24) is 0 Å². The van der Waals surface area contributed by atoms with Crippen LogP contribution in [0.2, 0.25) is 0 Å². The maximum absolute atomic E-state index is 5.17. The van der Waals surface area contributed by atoms with Gasteiger partial charge in [0, 0.05) is 0 Å². The van der Waals surface area contributed by atoms with Gasteiger partial charge in [-0.1, -0.05) is 31.6 Å². The molecule has 0 amide bonds. The summed E-state index contributed by atoms with van der Waals surface area (Å²) in [5.74, 6) is 0. The van der Waals surface area contributed by atoms with E-state index in [9.17, 15) is 0 Å². The second-order valence-corrected chi connectivity index (χ2v) is 4.92. The van der Waals surface area contributed by atoms with E-state index in [0.717, 1.165) is 12.8 Å². The first-order chi connectivity index (χ1) is 7.16. The Hall–Kier alpha value is -1.18. The minimum atomic E-state index is -0.221. The first-order valence-electron chi connectivity index (χ1n) is 5.49. The van der Waals surface area contributed by atoms with Gasteiger partial charge in [-0.3, -0.25) is 0 Å². The average molecular weight is 206 g/mol. The van der Waals surface area contributed by atoms with E-state index in [4.69, 9.17) is 9.47 Å². The van der Waals surface area contributed by atoms with E-state index in [1.807, 2.05) is 6.08 Å². The van der Waals surface area contributed by atoms with Crippen molar-refractivity contribution in [2.24, 2.45) is 5.41 Å². The molecule has 0 fully saturated rings. The summed E-state index contributed by atoms with van der Waals surface area (Å²) in [6.07, 6.45) is 12.9. The Labute approximate surface area is 91.3 Å². The summed E-state index contributed by atoms with van der Waals surface area (Å²) in [7, 11) is 0. The highest BCUT2D eigenvalue weighted by molar-refractivity contribution is 5.22. The largest absolute Gasteiger partial charge is 0.456 e. The van der Waals surface area contributed by atoms with Crippen LogP contribution in [-0.4, -0.2) is 6.29 Å². The highest BCUT2D eigenvalue weighted by Gasteiger charge is 2.20. The SMILES string of the molecule is CC1(C)CC=C(C=CC2OC=CO2)CC1. The van der Waals surface area contributed by atoms with Crippen molar-refractivity contribution in [1.29, 1.82) is 0 Å². The maximum atomic E-state index is 5.17. The van der Waals surface area contributed by atoms with E-state index in [1.54, 1.807) is 12.5 Å². The zero-order valence-corrected chi connectivity index (χ0v) is 9.40. The molecule has 0 N–H and O–H groups in total. The molecule has 0 saturated carbocycles. The molecule has 2 rings (SSSR count). The topological polar surface area (TPSA) is 18.5 Å². The van der Waals surface area contributed by atoms with Crippen molar-refractivity contribution in [3.8, 4) is 0 Å². The molecule has 0 unspecified atom stereocenters. The molecule has 2 nitrogen and oxygen atoms in total. The Bertz CT molecular complexity index is 302. The minimum absolute atomic E-state index is 0.221. The molecule has 0 aromatic heterocycles. The standard InChI is InChI=1S/C13H18O2/c1-13(2)7-5-11(6-8-13)3-4-12-14-9-10-15-12/h3-5,9-10,12H,6-8H2,1-2H3. The lowest BCUT2D eigenvalue weighted by molar-refractivity contribution is 0.0191. The van der Waals surface area contributed by atoms with E-state index in [0.29, 0.717) is 5.41 Å². The van der Waals surface area contributed by atoms with Crippen molar-refractivity contribution >= 4 is 0 Å². The van der Waals surface area contributed by atoms with Crippen LogP contribution in [0.5, 0.6) is 0 Å². The molecule has 2 heteroatoms. The third-order valence-electron chi connectivity index (χ3n) is 2.96. The molecule has 15 heavy (non-hydrogen) atoms. The van der Waals surface area contributed by atoms with Gasteiger partial charge in [0.05, 0.1) is 0 Å². The Kier molecular flexibility index (Phi) is 2.85. The third kappa shape index (κ3) is 2.88. The summed E-state index contributed by atoms with van der Waals surface area (Å²) in [6, 6.07) is 0. The summed E-state index contributed by atoms with van der Waals surface area (Å²) in [5, 5.41) is 0. The van der Waals surface area contributed by atoms with Crippen molar-refractivity contribution in [2.45, 2.75) is 39.4 Å². The van der Waals surface area contributed by atoms with Crippen molar-refractivity contribution in [3.05, 3.63) is 36.3 Å². The van der Waals surface area contributed by atoms with Crippen LogP contribution in [0.3, 0.4) is 0 Å². The molecular weight excluding hydrogens is 188 g/mol. The molecule has 2 aliphatic rings. The van der Waals surface area contributed by atoms with Crippen LogP contribution < -0.4 is 0 Å². The number of hydrogen-bond donors (Lipinski definition) is 0. The quantitative estimate of drug-likeness (QED) is 0.688. The van der Waals surface area contributed by atoms with Crippen LogP contribution in [0, 0.1) is 5.41 Å². The van der Waals surface area contributed by atoms with Crippen LogP contribution in [0.4, 0.5) is 0 Å². The molecule has 82 valence electrons. The zero-order chi connectivity index (χ0) is 10.7. The Morgan fingerprint density at radius 2 is 2.07 bits per heavy atom. The number of hydrogen-bond acceptors (Lipinski definition) is 2. The highest BCUT2D eigenvalue weighted by atomic mass is 16.7. The van der Waals surface area contributed by atoms with E-state index < -0.39 is 0 Å². The number of allylic oxidation sites excluding steroid dienone is 3. The molecule has 1 heterocycles. The van der Waals surface area contributed by atoms with Gasteiger partial charge in [0.2, 0.25) is 0 Å². The lowest BCUT2D eigenvalue weighted by atomic mass is 9.78. The monoisotopic (exact) mass is 206 g/mol. The summed E-state index contributed by atoms with van der Waals surface area (Å²) >= 11 is 0. The molecule has 0 bridgehead atoms.